The molecule has 1 amide bonds. The minimum Gasteiger partial charge on any atom is -0.496 e. The summed E-state index contributed by atoms with van der Waals surface area (Å²) in [6, 6.07) is 4.99. The van der Waals surface area contributed by atoms with Crippen molar-refractivity contribution in [2.75, 3.05) is 25.6 Å². The summed E-state index contributed by atoms with van der Waals surface area (Å²) in [5.74, 6) is -0.185. The molecule has 1 saturated carbocycles. The molecule has 10 heteroatoms. The van der Waals surface area contributed by atoms with Crippen molar-refractivity contribution in [2.45, 2.75) is 31.4 Å². The van der Waals surface area contributed by atoms with Gasteiger partial charge in [0.05, 0.1) is 18.4 Å². The van der Waals surface area contributed by atoms with Gasteiger partial charge in [0.2, 0.25) is 0 Å². The molecule has 1 unspecified atom stereocenters. The number of ether oxygens (including phenoxy) is 2. The second-order valence-electron chi connectivity index (χ2n) is 8.28. The molecule has 1 atom stereocenters. The zero-order chi connectivity index (χ0) is 22.5. The summed E-state index contributed by atoms with van der Waals surface area (Å²) in [4.78, 5) is 21.0. The van der Waals surface area contributed by atoms with Crippen molar-refractivity contribution in [3.05, 3.63) is 53.6 Å². The highest BCUT2D eigenvalue weighted by molar-refractivity contribution is 6.05. The number of aromatic nitrogens is 3. The largest absolute Gasteiger partial charge is 0.496 e. The standard InChI is InChI=1S/C22H21F3N4O3/c1-31-16-9-19-26-15(14-10-21(14)5-7-32-8-6-21)12-29(19)11-13(16)20(30)28-18-4-2-3-17(27-18)22(23,24)25/h2-4,9,11-12,14H,5-8,10H2,1H3,(H,27,28,30). The number of fused-ring (bicyclic) bond motifs is 1. The van der Waals surface area contributed by atoms with Crippen molar-refractivity contribution in [3.63, 3.8) is 0 Å². The van der Waals surface area contributed by atoms with Crippen LogP contribution in [0.1, 0.15) is 46.9 Å². The Morgan fingerprint density at radius 3 is 2.75 bits per heavy atom. The van der Waals surface area contributed by atoms with E-state index in [1.54, 1.807) is 16.7 Å². The van der Waals surface area contributed by atoms with Crippen molar-refractivity contribution >= 4 is 17.4 Å². The highest BCUT2D eigenvalue weighted by Crippen LogP contribution is 2.64. The Labute approximate surface area is 181 Å². The smallest absolute Gasteiger partial charge is 0.433 e. The van der Waals surface area contributed by atoms with Crippen LogP contribution < -0.4 is 10.1 Å². The summed E-state index contributed by atoms with van der Waals surface area (Å²) >= 11 is 0. The number of carbonyl (C=O) groups is 1. The van der Waals surface area contributed by atoms with Crippen LogP contribution in [-0.4, -0.2) is 40.6 Å². The summed E-state index contributed by atoms with van der Waals surface area (Å²) in [7, 11) is 1.42. The van der Waals surface area contributed by atoms with Gasteiger partial charge in [0.15, 0.2) is 0 Å². The maximum atomic E-state index is 12.9. The molecule has 1 aliphatic heterocycles. The van der Waals surface area contributed by atoms with Gasteiger partial charge in [0.25, 0.3) is 5.91 Å². The van der Waals surface area contributed by atoms with E-state index in [9.17, 15) is 18.0 Å². The number of anilines is 1. The Balaban J connectivity index is 1.42. The average molecular weight is 446 g/mol. The number of hydrogen-bond acceptors (Lipinski definition) is 5. The van der Waals surface area contributed by atoms with Crippen LogP contribution in [0, 0.1) is 5.41 Å². The first kappa shape index (κ1) is 20.7. The predicted molar refractivity (Wildman–Crippen MR) is 109 cm³/mol. The normalized spacial score (nSPS) is 19.8. The number of imidazole rings is 1. The third kappa shape index (κ3) is 3.68. The van der Waals surface area contributed by atoms with Crippen LogP contribution in [0.4, 0.5) is 19.0 Å². The molecule has 168 valence electrons. The lowest BCUT2D eigenvalue weighted by Crippen LogP contribution is -2.18. The summed E-state index contributed by atoms with van der Waals surface area (Å²) < 4.78 is 51.3. The number of carbonyl (C=O) groups excluding carboxylic acids is 1. The molecule has 0 aromatic carbocycles. The number of methoxy groups -OCH3 is 1. The first-order valence-corrected chi connectivity index (χ1v) is 10.3. The van der Waals surface area contributed by atoms with Crippen LogP contribution in [0.5, 0.6) is 5.75 Å². The van der Waals surface area contributed by atoms with Gasteiger partial charge in [-0.3, -0.25) is 4.79 Å². The maximum absolute atomic E-state index is 12.9. The van der Waals surface area contributed by atoms with Gasteiger partial charge in [-0.25, -0.2) is 9.97 Å². The lowest BCUT2D eigenvalue weighted by molar-refractivity contribution is -0.141. The summed E-state index contributed by atoms with van der Waals surface area (Å²) in [6.45, 7) is 1.54. The molecule has 3 aromatic heterocycles. The van der Waals surface area contributed by atoms with Gasteiger partial charge in [-0.2, -0.15) is 13.2 Å². The van der Waals surface area contributed by atoms with Crippen LogP contribution in [0.2, 0.25) is 0 Å². The summed E-state index contributed by atoms with van der Waals surface area (Å²) in [6.07, 6.45) is 2.00. The first-order valence-electron chi connectivity index (χ1n) is 10.3. The van der Waals surface area contributed by atoms with Crippen LogP contribution >= 0.6 is 0 Å². The molecule has 0 bridgehead atoms. The van der Waals surface area contributed by atoms with Crippen molar-refractivity contribution in [3.8, 4) is 5.75 Å². The number of rotatable bonds is 4. The Bertz CT molecular complexity index is 1180. The van der Waals surface area contributed by atoms with E-state index in [1.807, 2.05) is 6.20 Å². The topological polar surface area (TPSA) is 77.8 Å². The number of pyridine rings is 2. The van der Waals surface area contributed by atoms with E-state index in [0.29, 0.717) is 11.6 Å². The second kappa shape index (κ2) is 7.47. The zero-order valence-electron chi connectivity index (χ0n) is 17.3. The van der Waals surface area contributed by atoms with E-state index in [1.165, 1.54) is 19.2 Å². The highest BCUT2D eigenvalue weighted by atomic mass is 19.4. The predicted octanol–water partition coefficient (Wildman–Crippen LogP) is 4.29. The molecular weight excluding hydrogens is 425 g/mol. The van der Waals surface area contributed by atoms with Gasteiger partial charge in [-0.15, -0.1) is 0 Å². The molecule has 7 nitrogen and oxygen atoms in total. The van der Waals surface area contributed by atoms with E-state index < -0.39 is 17.8 Å². The third-order valence-corrected chi connectivity index (χ3v) is 6.35. The summed E-state index contributed by atoms with van der Waals surface area (Å²) in [5, 5.41) is 2.42. The number of alkyl halides is 3. The maximum Gasteiger partial charge on any atom is 0.433 e. The molecule has 0 radical (unpaired) electrons. The van der Waals surface area contributed by atoms with E-state index in [-0.39, 0.29) is 22.5 Å². The molecule has 1 saturated heterocycles. The van der Waals surface area contributed by atoms with Gasteiger partial charge in [0.1, 0.15) is 22.9 Å². The van der Waals surface area contributed by atoms with Gasteiger partial charge in [0, 0.05) is 37.6 Å². The molecular formula is C22H21F3N4O3. The second-order valence-corrected chi connectivity index (χ2v) is 8.28. The Morgan fingerprint density at radius 1 is 1.25 bits per heavy atom. The van der Waals surface area contributed by atoms with Crippen molar-refractivity contribution in [1.29, 1.82) is 0 Å². The Kier molecular flexibility index (Phi) is 4.85. The highest BCUT2D eigenvalue weighted by Gasteiger charge is 2.55. The third-order valence-electron chi connectivity index (χ3n) is 6.35. The van der Waals surface area contributed by atoms with Crippen molar-refractivity contribution < 1.29 is 27.4 Å². The Morgan fingerprint density at radius 2 is 2.03 bits per heavy atom. The van der Waals surface area contributed by atoms with E-state index in [0.717, 1.165) is 44.2 Å². The minimum atomic E-state index is -4.60. The van der Waals surface area contributed by atoms with E-state index in [4.69, 9.17) is 14.5 Å². The molecule has 1 spiro atoms. The van der Waals surface area contributed by atoms with Gasteiger partial charge in [-0.05, 0) is 36.8 Å². The monoisotopic (exact) mass is 446 g/mol. The van der Waals surface area contributed by atoms with E-state index in [2.05, 4.69) is 10.3 Å². The molecule has 1 N–H and O–H groups in total. The fourth-order valence-corrected chi connectivity index (χ4v) is 4.48. The van der Waals surface area contributed by atoms with Crippen molar-refractivity contribution in [1.82, 2.24) is 14.4 Å². The van der Waals surface area contributed by atoms with Crippen LogP contribution in [0.25, 0.3) is 5.65 Å². The molecule has 3 aromatic rings. The van der Waals surface area contributed by atoms with E-state index >= 15 is 0 Å². The molecule has 4 heterocycles. The van der Waals surface area contributed by atoms with Crippen molar-refractivity contribution in [2.24, 2.45) is 5.41 Å². The number of hydrogen-bond donors (Lipinski definition) is 1. The fourth-order valence-electron chi connectivity index (χ4n) is 4.48. The van der Waals surface area contributed by atoms with Gasteiger partial charge >= 0.3 is 6.18 Å². The average Bonchev–Trinajstić information content (AvgIpc) is 3.28. The summed E-state index contributed by atoms with van der Waals surface area (Å²) in [5.41, 5.74) is 0.948. The lowest BCUT2D eigenvalue weighted by atomic mass is 9.93. The number of nitrogens with zero attached hydrogens (tertiary/aromatic N) is 3. The molecule has 1 aliphatic carbocycles. The Hall–Kier alpha value is -3.14. The fraction of sp³-hybridized carbons (Fsp3) is 0.409. The first-order chi connectivity index (χ1) is 15.3. The molecule has 5 rings (SSSR count). The quantitative estimate of drug-likeness (QED) is 0.647. The number of amides is 1. The van der Waals surface area contributed by atoms with Crippen LogP contribution in [0.15, 0.2) is 36.7 Å². The van der Waals surface area contributed by atoms with Gasteiger partial charge in [-0.1, -0.05) is 6.07 Å². The minimum absolute atomic E-state index is 0.166. The molecule has 2 fully saturated rings. The van der Waals surface area contributed by atoms with Crippen LogP contribution in [0.3, 0.4) is 0 Å². The number of halogens is 3. The molecule has 2 aliphatic rings. The van der Waals surface area contributed by atoms with Crippen LogP contribution in [-0.2, 0) is 10.9 Å². The number of nitrogens with one attached hydrogen (secondary N) is 1. The lowest BCUT2D eigenvalue weighted by Gasteiger charge is -2.22. The molecule has 32 heavy (non-hydrogen) atoms. The van der Waals surface area contributed by atoms with Gasteiger partial charge < -0.3 is 19.2 Å². The SMILES string of the molecule is COc1cc2nc(C3CC34CCOCC4)cn2cc1C(=O)Nc1cccc(C(F)(F)F)n1. The zero-order valence-corrected chi connectivity index (χ0v) is 17.3.